The molecule has 0 spiro atoms. The van der Waals surface area contributed by atoms with Crippen molar-refractivity contribution >= 4 is 71.3 Å². The lowest BCUT2D eigenvalue weighted by Crippen LogP contribution is -2.10. The van der Waals surface area contributed by atoms with E-state index in [2.05, 4.69) is 235 Å². The van der Waals surface area contributed by atoms with E-state index in [9.17, 15) is 0 Å². The molecule has 11 aromatic carbocycles. The van der Waals surface area contributed by atoms with E-state index in [4.69, 9.17) is 4.42 Å². The molecule has 2 nitrogen and oxygen atoms in total. The predicted molar refractivity (Wildman–Crippen MR) is 263 cm³/mol. The topological polar surface area (TPSA) is 16.4 Å². The Morgan fingerprint density at radius 1 is 0.274 bits per heavy atom. The average molecular weight is 790 g/mol. The summed E-state index contributed by atoms with van der Waals surface area (Å²) in [6.07, 6.45) is 0. The molecule has 290 valence electrons. The highest BCUT2D eigenvalue weighted by molar-refractivity contribution is 6.26. The smallest absolute Gasteiger partial charge is 0.145 e. The highest BCUT2D eigenvalue weighted by atomic mass is 16.3. The van der Waals surface area contributed by atoms with E-state index in [0.29, 0.717) is 0 Å². The Bertz CT molecular complexity index is 3570. The Hall–Kier alpha value is -8.20. The van der Waals surface area contributed by atoms with E-state index < -0.39 is 0 Å². The first-order chi connectivity index (χ1) is 30.7. The van der Waals surface area contributed by atoms with Gasteiger partial charge in [-0.15, -0.1) is 0 Å². The molecule has 0 N–H and O–H groups in total. The molecular formula is C60H39NO. The summed E-state index contributed by atoms with van der Waals surface area (Å²) in [7, 11) is 0. The maximum Gasteiger partial charge on any atom is 0.145 e. The lowest BCUT2D eigenvalue weighted by atomic mass is 9.92. The molecule has 2 heteroatoms. The van der Waals surface area contributed by atoms with Gasteiger partial charge in [0.1, 0.15) is 11.2 Å². The van der Waals surface area contributed by atoms with Crippen LogP contribution in [0.3, 0.4) is 0 Å². The van der Waals surface area contributed by atoms with Crippen molar-refractivity contribution in [2.45, 2.75) is 0 Å². The summed E-state index contributed by atoms with van der Waals surface area (Å²) in [5, 5.41) is 9.83. The number of benzene rings is 11. The van der Waals surface area contributed by atoms with Gasteiger partial charge in [-0.3, -0.25) is 0 Å². The van der Waals surface area contributed by atoms with Crippen LogP contribution in [0, 0.1) is 0 Å². The standard InChI is InChI=1S/C60H39NO/c1-3-14-40(15-4-1)41-26-28-42(29-27-41)45-18-13-19-48(38-45)61(57-37-36-49(44-16-5-2-6-17-44)60-59(57)55-24-11-12-25-58(55)62-60)47-33-30-43(31-34-47)46-32-35-54-52-22-8-7-20-50(52)51-21-9-10-23-53(51)56(54)39-46/h1-39H. The van der Waals surface area contributed by atoms with Crippen molar-refractivity contribution in [3.05, 3.63) is 237 Å². The monoisotopic (exact) mass is 789 g/mol. The maximum absolute atomic E-state index is 6.78. The first kappa shape index (κ1) is 35.7. The van der Waals surface area contributed by atoms with Crippen LogP contribution < -0.4 is 4.90 Å². The van der Waals surface area contributed by atoms with Crippen LogP contribution in [-0.2, 0) is 0 Å². The molecule has 1 aromatic heterocycles. The third-order valence-electron chi connectivity index (χ3n) is 12.5. The molecule has 0 saturated heterocycles. The summed E-state index contributed by atoms with van der Waals surface area (Å²) >= 11 is 0. The fraction of sp³-hybridized carbons (Fsp3) is 0. The molecule has 12 aromatic rings. The van der Waals surface area contributed by atoms with Gasteiger partial charge in [0.15, 0.2) is 0 Å². The highest BCUT2D eigenvalue weighted by Crippen LogP contribution is 2.47. The van der Waals surface area contributed by atoms with Crippen LogP contribution in [0.2, 0.25) is 0 Å². The highest BCUT2D eigenvalue weighted by Gasteiger charge is 2.23. The average Bonchev–Trinajstić information content (AvgIpc) is 3.75. The van der Waals surface area contributed by atoms with E-state index in [1.165, 1.54) is 54.6 Å². The second-order valence-corrected chi connectivity index (χ2v) is 16.0. The predicted octanol–water partition coefficient (Wildman–Crippen LogP) is 17.2. The van der Waals surface area contributed by atoms with Crippen molar-refractivity contribution in [1.82, 2.24) is 0 Å². The largest absolute Gasteiger partial charge is 0.455 e. The summed E-state index contributed by atoms with van der Waals surface area (Å²) < 4.78 is 6.78. The summed E-state index contributed by atoms with van der Waals surface area (Å²) in [4.78, 5) is 2.39. The number of para-hydroxylation sites is 1. The Morgan fingerprint density at radius 3 is 1.40 bits per heavy atom. The number of nitrogens with zero attached hydrogens (tertiary/aromatic N) is 1. The zero-order valence-electron chi connectivity index (χ0n) is 33.9. The zero-order chi connectivity index (χ0) is 41.0. The van der Waals surface area contributed by atoms with Crippen LogP contribution in [0.15, 0.2) is 241 Å². The van der Waals surface area contributed by atoms with Crippen LogP contribution in [0.25, 0.3) is 98.8 Å². The third-order valence-corrected chi connectivity index (χ3v) is 12.5. The molecule has 0 bridgehead atoms. The normalized spacial score (nSPS) is 11.5. The summed E-state index contributed by atoms with van der Waals surface area (Å²) in [5.41, 5.74) is 14.2. The minimum absolute atomic E-state index is 0.867. The summed E-state index contributed by atoms with van der Waals surface area (Å²) in [6, 6.07) is 85.3. The first-order valence-electron chi connectivity index (χ1n) is 21.2. The molecule has 1 heterocycles. The molecule has 0 aliphatic carbocycles. The van der Waals surface area contributed by atoms with Gasteiger partial charge in [-0.05, 0) is 120 Å². The third kappa shape index (κ3) is 6.04. The number of furan rings is 1. The molecule has 0 aliphatic rings. The number of hydrogen-bond acceptors (Lipinski definition) is 2. The van der Waals surface area contributed by atoms with Gasteiger partial charge < -0.3 is 9.32 Å². The van der Waals surface area contributed by atoms with Crippen molar-refractivity contribution in [2.75, 3.05) is 4.90 Å². The Labute approximate surface area is 360 Å². The fourth-order valence-corrected chi connectivity index (χ4v) is 9.47. The fourth-order valence-electron chi connectivity index (χ4n) is 9.47. The Balaban J connectivity index is 1.02. The molecule has 0 atom stereocenters. The van der Waals surface area contributed by atoms with E-state index in [-0.39, 0.29) is 0 Å². The molecule has 12 rings (SSSR count). The van der Waals surface area contributed by atoms with Gasteiger partial charge in [0, 0.05) is 22.3 Å². The maximum atomic E-state index is 6.78. The van der Waals surface area contributed by atoms with E-state index in [0.717, 1.165) is 61.3 Å². The van der Waals surface area contributed by atoms with Gasteiger partial charge in [0.2, 0.25) is 0 Å². The van der Waals surface area contributed by atoms with Crippen molar-refractivity contribution in [3.63, 3.8) is 0 Å². The number of hydrogen-bond donors (Lipinski definition) is 0. The molecule has 0 aliphatic heterocycles. The Kier molecular flexibility index (Phi) is 8.53. The minimum atomic E-state index is 0.867. The van der Waals surface area contributed by atoms with E-state index in [1.54, 1.807) is 0 Å². The number of rotatable bonds is 7. The van der Waals surface area contributed by atoms with E-state index >= 15 is 0 Å². The molecule has 62 heavy (non-hydrogen) atoms. The molecule has 0 amide bonds. The van der Waals surface area contributed by atoms with Gasteiger partial charge in [-0.2, -0.15) is 0 Å². The van der Waals surface area contributed by atoms with Gasteiger partial charge in [-0.1, -0.05) is 188 Å². The van der Waals surface area contributed by atoms with E-state index in [1.807, 2.05) is 6.07 Å². The van der Waals surface area contributed by atoms with Gasteiger partial charge >= 0.3 is 0 Å². The van der Waals surface area contributed by atoms with Crippen LogP contribution in [0.5, 0.6) is 0 Å². The number of anilines is 3. The SMILES string of the molecule is c1ccc(-c2ccc(-c3cccc(N(c4ccc(-c5ccc6c7ccccc7c7ccccc7c6c5)cc4)c4ccc(-c5ccccc5)c5oc6ccccc6c45)c3)cc2)cc1. The van der Waals surface area contributed by atoms with Crippen molar-refractivity contribution < 1.29 is 4.42 Å². The second-order valence-electron chi connectivity index (χ2n) is 16.0. The lowest BCUT2D eigenvalue weighted by Gasteiger charge is -2.27. The molecule has 0 unspecified atom stereocenters. The number of fused-ring (bicyclic) bond motifs is 9. The van der Waals surface area contributed by atoms with Crippen molar-refractivity contribution in [2.24, 2.45) is 0 Å². The van der Waals surface area contributed by atoms with Crippen molar-refractivity contribution in [1.29, 1.82) is 0 Å². The quantitative estimate of drug-likeness (QED) is 0.150. The van der Waals surface area contributed by atoms with Gasteiger partial charge in [0.25, 0.3) is 0 Å². The minimum Gasteiger partial charge on any atom is -0.455 e. The zero-order valence-corrected chi connectivity index (χ0v) is 33.9. The molecule has 0 radical (unpaired) electrons. The first-order valence-corrected chi connectivity index (χ1v) is 21.2. The summed E-state index contributed by atoms with van der Waals surface area (Å²) in [6.45, 7) is 0. The molecule has 0 fully saturated rings. The van der Waals surface area contributed by atoms with Crippen LogP contribution in [0.1, 0.15) is 0 Å². The van der Waals surface area contributed by atoms with Crippen LogP contribution >= 0.6 is 0 Å². The van der Waals surface area contributed by atoms with Crippen LogP contribution in [0.4, 0.5) is 17.1 Å². The van der Waals surface area contributed by atoms with Gasteiger partial charge in [0.05, 0.1) is 11.1 Å². The molecule has 0 saturated carbocycles. The van der Waals surface area contributed by atoms with Gasteiger partial charge in [-0.25, -0.2) is 0 Å². The summed E-state index contributed by atoms with van der Waals surface area (Å²) in [5.74, 6) is 0. The lowest BCUT2D eigenvalue weighted by molar-refractivity contribution is 0.670. The second kappa shape index (κ2) is 14.8. The Morgan fingerprint density at radius 2 is 0.742 bits per heavy atom. The van der Waals surface area contributed by atoms with Crippen LogP contribution in [-0.4, -0.2) is 0 Å². The molecular weight excluding hydrogens is 751 g/mol. The van der Waals surface area contributed by atoms with Crippen molar-refractivity contribution in [3.8, 4) is 44.5 Å².